The molecule has 7 heteroatoms. The second kappa shape index (κ2) is 7.21. The molecule has 0 bridgehead atoms. The van der Waals surface area contributed by atoms with Crippen LogP contribution in [0, 0.1) is 12.8 Å². The number of amides is 1. The smallest absolute Gasteiger partial charge is 0.273 e. The number of nitrogens with zero attached hydrogens (tertiary/aromatic N) is 2. The highest BCUT2D eigenvalue weighted by molar-refractivity contribution is 5.92. The molecule has 2 saturated heterocycles. The normalized spacial score (nSPS) is 24.3. The van der Waals surface area contributed by atoms with E-state index in [0.717, 1.165) is 45.9 Å². The van der Waals surface area contributed by atoms with Crippen LogP contribution in [0.4, 0.5) is 0 Å². The third-order valence-electron chi connectivity index (χ3n) is 4.36. The summed E-state index contributed by atoms with van der Waals surface area (Å²) in [5.41, 5.74) is 0.334. The van der Waals surface area contributed by atoms with Gasteiger partial charge in [0.05, 0.1) is 19.8 Å². The largest absolute Gasteiger partial charge is 0.381 e. The third-order valence-corrected chi connectivity index (χ3v) is 4.36. The molecule has 0 spiro atoms. The molecule has 2 fully saturated rings. The molecule has 0 aromatic carbocycles. The number of morpholine rings is 1. The summed E-state index contributed by atoms with van der Waals surface area (Å²) in [4.78, 5) is 14.6. The molecule has 1 aromatic rings. The first-order chi connectivity index (χ1) is 10.7. The minimum Gasteiger partial charge on any atom is -0.381 e. The van der Waals surface area contributed by atoms with Gasteiger partial charge in [-0.25, -0.2) is 0 Å². The van der Waals surface area contributed by atoms with Crippen LogP contribution in [0.5, 0.6) is 0 Å². The van der Waals surface area contributed by atoms with E-state index in [1.54, 1.807) is 13.0 Å². The topological polar surface area (TPSA) is 76.8 Å². The second-order valence-electron chi connectivity index (χ2n) is 5.87. The number of nitrogens with one attached hydrogen (secondary N) is 1. The summed E-state index contributed by atoms with van der Waals surface area (Å²) in [6.07, 6.45) is 1.04. The second-order valence-corrected chi connectivity index (χ2v) is 5.87. The standard InChI is InChI=1S/C15H23N3O4/c1-11-8-13(17-22-11)15(19)16-9-14(12-2-5-21-10-12)18-3-6-20-7-4-18/h8,12,14H,2-7,9-10H2,1H3,(H,16,19)/t12-,14-/m1/s1. The summed E-state index contributed by atoms with van der Waals surface area (Å²) >= 11 is 0. The quantitative estimate of drug-likeness (QED) is 0.851. The van der Waals surface area contributed by atoms with E-state index in [2.05, 4.69) is 15.4 Å². The highest BCUT2D eigenvalue weighted by Gasteiger charge is 2.32. The van der Waals surface area contributed by atoms with Crippen molar-refractivity contribution in [1.82, 2.24) is 15.4 Å². The molecule has 3 rings (SSSR count). The lowest BCUT2D eigenvalue weighted by Crippen LogP contribution is -2.52. The first kappa shape index (κ1) is 15.5. The van der Waals surface area contributed by atoms with Gasteiger partial charge >= 0.3 is 0 Å². The molecule has 0 saturated carbocycles. The fraction of sp³-hybridized carbons (Fsp3) is 0.733. The summed E-state index contributed by atoms with van der Waals surface area (Å²) in [5, 5.41) is 6.75. The Kier molecular flexibility index (Phi) is 5.07. The van der Waals surface area contributed by atoms with E-state index in [4.69, 9.17) is 14.0 Å². The van der Waals surface area contributed by atoms with Gasteiger partial charge in [-0.3, -0.25) is 9.69 Å². The van der Waals surface area contributed by atoms with Crippen molar-refractivity contribution in [1.29, 1.82) is 0 Å². The Morgan fingerprint density at radius 3 is 2.86 bits per heavy atom. The highest BCUT2D eigenvalue weighted by Crippen LogP contribution is 2.22. The van der Waals surface area contributed by atoms with Crippen LogP contribution in [0.2, 0.25) is 0 Å². The predicted molar refractivity (Wildman–Crippen MR) is 78.7 cm³/mol. The van der Waals surface area contributed by atoms with E-state index in [-0.39, 0.29) is 11.9 Å². The van der Waals surface area contributed by atoms with E-state index in [0.29, 0.717) is 23.9 Å². The molecule has 0 radical (unpaired) electrons. The van der Waals surface area contributed by atoms with Crippen molar-refractivity contribution in [2.24, 2.45) is 5.92 Å². The van der Waals surface area contributed by atoms with Crippen LogP contribution in [0.1, 0.15) is 22.7 Å². The molecular weight excluding hydrogens is 286 g/mol. The molecule has 1 aromatic heterocycles. The molecule has 3 heterocycles. The van der Waals surface area contributed by atoms with Crippen LogP contribution in [0.3, 0.4) is 0 Å². The Hall–Kier alpha value is -1.44. The molecule has 2 aliphatic rings. The Bertz CT molecular complexity index is 493. The lowest BCUT2D eigenvalue weighted by Gasteiger charge is -2.37. The molecule has 22 heavy (non-hydrogen) atoms. The fourth-order valence-electron chi connectivity index (χ4n) is 3.12. The van der Waals surface area contributed by atoms with Gasteiger partial charge in [0.15, 0.2) is 5.69 Å². The van der Waals surface area contributed by atoms with Crippen LogP contribution in [0.15, 0.2) is 10.6 Å². The Morgan fingerprint density at radius 1 is 1.41 bits per heavy atom. The van der Waals surface area contributed by atoms with Crippen LogP contribution in [-0.4, -0.2) is 68.1 Å². The highest BCUT2D eigenvalue weighted by atomic mass is 16.5. The maximum atomic E-state index is 12.2. The van der Waals surface area contributed by atoms with E-state index in [9.17, 15) is 4.79 Å². The molecule has 7 nitrogen and oxygen atoms in total. The van der Waals surface area contributed by atoms with Gasteiger partial charge in [0.1, 0.15) is 5.76 Å². The van der Waals surface area contributed by atoms with Crippen molar-refractivity contribution in [2.75, 3.05) is 46.1 Å². The summed E-state index contributed by atoms with van der Waals surface area (Å²) in [5.74, 6) is 0.908. The number of carbonyl (C=O) groups excluding carboxylic acids is 1. The zero-order chi connectivity index (χ0) is 15.4. The molecule has 0 aliphatic carbocycles. The Labute approximate surface area is 129 Å². The molecule has 1 amide bonds. The monoisotopic (exact) mass is 309 g/mol. The van der Waals surface area contributed by atoms with E-state index in [1.165, 1.54) is 0 Å². The van der Waals surface area contributed by atoms with Gasteiger partial charge in [-0.15, -0.1) is 0 Å². The van der Waals surface area contributed by atoms with E-state index < -0.39 is 0 Å². The number of aromatic nitrogens is 1. The predicted octanol–water partition coefficient (Wildman–Crippen LogP) is 0.450. The first-order valence-corrected chi connectivity index (χ1v) is 7.85. The number of rotatable bonds is 5. The van der Waals surface area contributed by atoms with Crippen molar-refractivity contribution in [2.45, 2.75) is 19.4 Å². The van der Waals surface area contributed by atoms with Gasteiger partial charge in [-0.1, -0.05) is 5.16 Å². The van der Waals surface area contributed by atoms with Gasteiger partial charge < -0.3 is 19.3 Å². The zero-order valence-corrected chi connectivity index (χ0v) is 12.9. The lowest BCUT2D eigenvalue weighted by atomic mass is 9.97. The average Bonchev–Trinajstić information content (AvgIpc) is 3.20. The fourth-order valence-corrected chi connectivity index (χ4v) is 3.12. The van der Waals surface area contributed by atoms with Gasteiger partial charge in [0.2, 0.25) is 0 Å². The Morgan fingerprint density at radius 2 is 2.23 bits per heavy atom. The SMILES string of the molecule is Cc1cc(C(=O)NC[C@H]([C@@H]2CCOC2)N2CCOCC2)no1. The third kappa shape index (κ3) is 3.66. The molecule has 0 unspecified atom stereocenters. The van der Waals surface area contributed by atoms with Crippen molar-refractivity contribution in [3.63, 3.8) is 0 Å². The van der Waals surface area contributed by atoms with Gasteiger partial charge in [0, 0.05) is 44.3 Å². The molecular formula is C15H23N3O4. The molecule has 2 atom stereocenters. The van der Waals surface area contributed by atoms with Crippen LogP contribution in [0.25, 0.3) is 0 Å². The Balaban J connectivity index is 1.60. The van der Waals surface area contributed by atoms with Crippen molar-refractivity contribution in [3.05, 3.63) is 17.5 Å². The van der Waals surface area contributed by atoms with Crippen molar-refractivity contribution in [3.8, 4) is 0 Å². The van der Waals surface area contributed by atoms with E-state index in [1.807, 2.05) is 0 Å². The van der Waals surface area contributed by atoms with Crippen molar-refractivity contribution >= 4 is 5.91 Å². The van der Waals surface area contributed by atoms with Crippen molar-refractivity contribution < 1.29 is 18.8 Å². The molecule has 2 aliphatic heterocycles. The summed E-state index contributed by atoms with van der Waals surface area (Å²) in [7, 11) is 0. The van der Waals surface area contributed by atoms with Crippen LogP contribution in [-0.2, 0) is 9.47 Å². The number of hydrogen-bond acceptors (Lipinski definition) is 6. The van der Waals surface area contributed by atoms with Crippen LogP contribution >= 0.6 is 0 Å². The number of hydrogen-bond donors (Lipinski definition) is 1. The summed E-state index contributed by atoms with van der Waals surface area (Å²) in [6, 6.07) is 1.93. The van der Waals surface area contributed by atoms with Gasteiger partial charge in [-0.05, 0) is 13.3 Å². The minimum absolute atomic E-state index is 0.186. The van der Waals surface area contributed by atoms with Gasteiger partial charge in [0.25, 0.3) is 5.91 Å². The maximum absolute atomic E-state index is 12.2. The number of carbonyl (C=O) groups is 1. The molecule has 122 valence electrons. The zero-order valence-electron chi connectivity index (χ0n) is 12.9. The summed E-state index contributed by atoms with van der Waals surface area (Å²) in [6.45, 7) is 7.25. The summed E-state index contributed by atoms with van der Waals surface area (Å²) < 4.78 is 15.9. The number of ether oxygens (including phenoxy) is 2. The average molecular weight is 309 g/mol. The molecule has 1 N–H and O–H groups in total. The minimum atomic E-state index is -0.186. The van der Waals surface area contributed by atoms with E-state index >= 15 is 0 Å². The maximum Gasteiger partial charge on any atom is 0.273 e. The number of aryl methyl sites for hydroxylation is 1. The lowest BCUT2D eigenvalue weighted by molar-refractivity contribution is 0.00164. The van der Waals surface area contributed by atoms with Crippen LogP contribution < -0.4 is 5.32 Å². The van der Waals surface area contributed by atoms with Gasteiger partial charge in [-0.2, -0.15) is 0 Å². The first-order valence-electron chi connectivity index (χ1n) is 7.85.